The Morgan fingerprint density at radius 1 is 0.889 bits per heavy atom. The number of amides is 2. The van der Waals surface area contributed by atoms with Crippen molar-refractivity contribution in [2.75, 3.05) is 31.3 Å². The van der Waals surface area contributed by atoms with E-state index in [0.717, 1.165) is 21.7 Å². The third-order valence-corrected chi connectivity index (χ3v) is 6.87. The second kappa shape index (κ2) is 12.2. The first-order valence-electron chi connectivity index (χ1n) is 11.4. The molecule has 0 fully saturated rings. The van der Waals surface area contributed by atoms with Gasteiger partial charge >= 0.3 is 0 Å². The van der Waals surface area contributed by atoms with Crippen LogP contribution in [0.15, 0.2) is 84.9 Å². The van der Waals surface area contributed by atoms with Crippen LogP contribution in [0.2, 0.25) is 0 Å². The lowest BCUT2D eigenvalue weighted by Crippen LogP contribution is -2.52. The smallest absolute Gasteiger partial charge is 0.244 e. The lowest BCUT2D eigenvalue weighted by Gasteiger charge is -2.33. The Balaban J connectivity index is 2.03. The monoisotopic (exact) mass is 509 g/mol. The average Bonchev–Trinajstić information content (AvgIpc) is 2.89. The maximum absolute atomic E-state index is 13.8. The Bertz CT molecular complexity index is 1270. The van der Waals surface area contributed by atoms with Crippen LogP contribution >= 0.6 is 0 Å². The van der Waals surface area contributed by atoms with E-state index >= 15 is 0 Å². The van der Waals surface area contributed by atoms with Crippen molar-refractivity contribution >= 4 is 27.5 Å². The maximum Gasteiger partial charge on any atom is 0.244 e. The van der Waals surface area contributed by atoms with Crippen LogP contribution < -0.4 is 14.4 Å². The molecule has 0 saturated carbocycles. The number of carbonyl (C=O) groups is 2. The van der Waals surface area contributed by atoms with Crippen molar-refractivity contribution in [3.05, 3.63) is 96.1 Å². The second-order valence-electron chi connectivity index (χ2n) is 8.27. The molecule has 9 heteroatoms. The van der Waals surface area contributed by atoms with Crippen LogP contribution in [0.25, 0.3) is 0 Å². The Kier molecular flexibility index (Phi) is 9.08. The molecule has 0 saturated heterocycles. The molecule has 0 aliphatic carbocycles. The molecule has 3 rings (SSSR count). The van der Waals surface area contributed by atoms with Crippen molar-refractivity contribution in [1.82, 2.24) is 10.2 Å². The van der Waals surface area contributed by atoms with E-state index in [9.17, 15) is 18.0 Å². The highest BCUT2D eigenvalue weighted by molar-refractivity contribution is 7.92. The number of nitrogens with zero attached hydrogens (tertiary/aromatic N) is 2. The zero-order valence-corrected chi connectivity index (χ0v) is 21.4. The summed E-state index contributed by atoms with van der Waals surface area (Å²) < 4.78 is 31.9. The molecule has 1 unspecified atom stereocenters. The number of carbonyl (C=O) groups excluding carboxylic acids is 2. The van der Waals surface area contributed by atoms with Crippen molar-refractivity contribution in [3.63, 3.8) is 0 Å². The fourth-order valence-electron chi connectivity index (χ4n) is 3.93. The van der Waals surface area contributed by atoms with E-state index in [2.05, 4.69) is 5.32 Å². The summed E-state index contributed by atoms with van der Waals surface area (Å²) in [5, 5.41) is 2.66. The van der Waals surface area contributed by atoms with Crippen LogP contribution in [0.4, 0.5) is 5.69 Å². The number of methoxy groups -OCH3 is 1. The summed E-state index contributed by atoms with van der Waals surface area (Å²) in [5.41, 5.74) is 1.94. The zero-order valence-electron chi connectivity index (χ0n) is 20.6. The molecular weight excluding hydrogens is 478 g/mol. The molecule has 0 heterocycles. The number of likely N-dealkylation sites (N-methyl/N-ethyl adjacent to an activating group) is 1. The number of para-hydroxylation sites is 2. The van der Waals surface area contributed by atoms with E-state index in [4.69, 9.17) is 4.74 Å². The van der Waals surface area contributed by atoms with Crippen molar-refractivity contribution in [3.8, 4) is 5.75 Å². The molecule has 0 spiro atoms. The molecule has 3 aromatic carbocycles. The largest absolute Gasteiger partial charge is 0.495 e. The van der Waals surface area contributed by atoms with Crippen molar-refractivity contribution < 1.29 is 22.7 Å². The van der Waals surface area contributed by atoms with Gasteiger partial charge in [-0.15, -0.1) is 0 Å². The van der Waals surface area contributed by atoms with Gasteiger partial charge in [-0.25, -0.2) is 8.42 Å². The van der Waals surface area contributed by atoms with Gasteiger partial charge in [-0.2, -0.15) is 0 Å². The molecular formula is C27H31N3O5S. The van der Waals surface area contributed by atoms with E-state index < -0.39 is 28.5 Å². The second-order valence-corrected chi connectivity index (χ2v) is 10.2. The molecule has 0 radical (unpaired) electrons. The summed E-state index contributed by atoms with van der Waals surface area (Å²) in [4.78, 5) is 28.3. The van der Waals surface area contributed by atoms with Gasteiger partial charge in [-0.3, -0.25) is 13.9 Å². The lowest BCUT2D eigenvalue weighted by atomic mass is 10.0. The highest BCUT2D eigenvalue weighted by Crippen LogP contribution is 2.29. The molecule has 1 atom stereocenters. The predicted molar refractivity (Wildman–Crippen MR) is 140 cm³/mol. The number of anilines is 1. The molecule has 3 aromatic rings. The van der Waals surface area contributed by atoms with Crippen LogP contribution in [0.5, 0.6) is 5.75 Å². The summed E-state index contributed by atoms with van der Waals surface area (Å²) in [7, 11) is -0.905. The van der Waals surface area contributed by atoms with Gasteiger partial charge in [0.15, 0.2) is 0 Å². The normalized spacial score (nSPS) is 11.9. The summed E-state index contributed by atoms with van der Waals surface area (Å²) in [6, 6.07) is 24.4. The maximum atomic E-state index is 13.8. The molecule has 0 aromatic heterocycles. The first-order valence-corrected chi connectivity index (χ1v) is 13.3. The molecule has 1 N–H and O–H groups in total. The van der Waals surface area contributed by atoms with Gasteiger partial charge in [0.25, 0.3) is 0 Å². The third kappa shape index (κ3) is 6.85. The topological polar surface area (TPSA) is 96.0 Å². The van der Waals surface area contributed by atoms with Crippen LogP contribution in [0.3, 0.4) is 0 Å². The van der Waals surface area contributed by atoms with Gasteiger partial charge in [0.05, 0.1) is 19.1 Å². The van der Waals surface area contributed by atoms with Gasteiger partial charge in [-0.1, -0.05) is 72.8 Å². The van der Waals surface area contributed by atoms with E-state index in [1.165, 1.54) is 19.1 Å². The van der Waals surface area contributed by atoms with Crippen LogP contribution in [0.1, 0.15) is 11.1 Å². The number of ether oxygens (including phenoxy) is 1. The van der Waals surface area contributed by atoms with Gasteiger partial charge < -0.3 is 15.0 Å². The lowest BCUT2D eigenvalue weighted by molar-refractivity contribution is -0.139. The predicted octanol–water partition coefficient (Wildman–Crippen LogP) is 2.85. The molecule has 190 valence electrons. The number of nitrogens with one attached hydrogen (secondary N) is 1. The van der Waals surface area contributed by atoms with Crippen LogP contribution in [-0.4, -0.2) is 58.1 Å². The number of hydrogen-bond donors (Lipinski definition) is 1. The first-order chi connectivity index (χ1) is 17.2. The van der Waals surface area contributed by atoms with Crippen molar-refractivity contribution in [2.24, 2.45) is 0 Å². The summed E-state index contributed by atoms with van der Waals surface area (Å²) in [5.74, 6) is -0.538. The SMILES string of the molecule is CNC(=O)C(Cc1ccccc1)N(Cc1ccccc1)C(=O)CN(c1ccccc1OC)S(C)(=O)=O. The highest BCUT2D eigenvalue weighted by Gasteiger charge is 2.33. The van der Waals surface area contributed by atoms with E-state index in [0.29, 0.717) is 5.75 Å². The van der Waals surface area contributed by atoms with Crippen molar-refractivity contribution in [1.29, 1.82) is 0 Å². The molecule has 0 aliphatic rings. The Morgan fingerprint density at radius 2 is 1.44 bits per heavy atom. The quantitative estimate of drug-likeness (QED) is 0.429. The Hall–Kier alpha value is -3.85. The number of rotatable bonds is 11. The third-order valence-electron chi connectivity index (χ3n) is 5.75. The molecule has 36 heavy (non-hydrogen) atoms. The standard InChI is InChI=1S/C27H31N3O5S/c1-28-27(32)24(18-21-12-6-4-7-13-21)29(19-22-14-8-5-9-15-22)26(31)20-30(36(3,33)34)23-16-10-11-17-25(23)35-2/h4-17,24H,18-20H2,1-3H3,(H,28,32). The molecule has 2 amide bonds. The molecule has 0 bridgehead atoms. The van der Waals surface area contributed by atoms with E-state index in [-0.39, 0.29) is 24.6 Å². The van der Waals surface area contributed by atoms with Gasteiger partial charge in [0.1, 0.15) is 18.3 Å². The molecule has 0 aliphatic heterocycles. The Labute approximate surface area is 212 Å². The number of sulfonamides is 1. The minimum Gasteiger partial charge on any atom is -0.495 e. The van der Waals surface area contributed by atoms with E-state index in [1.54, 1.807) is 24.3 Å². The minimum absolute atomic E-state index is 0.133. The average molecular weight is 510 g/mol. The summed E-state index contributed by atoms with van der Waals surface area (Å²) >= 11 is 0. The zero-order chi connectivity index (χ0) is 26.1. The van der Waals surface area contributed by atoms with Crippen LogP contribution in [-0.2, 0) is 32.6 Å². The van der Waals surface area contributed by atoms with Gasteiger partial charge in [-0.05, 0) is 23.3 Å². The van der Waals surface area contributed by atoms with Crippen molar-refractivity contribution in [2.45, 2.75) is 19.0 Å². The van der Waals surface area contributed by atoms with Crippen LogP contribution in [0, 0.1) is 0 Å². The van der Waals surface area contributed by atoms with E-state index in [1.807, 2.05) is 60.7 Å². The first kappa shape index (κ1) is 26.7. The summed E-state index contributed by atoms with van der Waals surface area (Å²) in [6.45, 7) is -0.359. The molecule has 8 nitrogen and oxygen atoms in total. The fraction of sp³-hybridized carbons (Fsp3) is 0.259. The minimum atomic E-state index is -3.86. The number of hydrogen-bond acceptors (Lipinski definition) is 5. The summed E-state index contributed by atoms with van der Waals surface area (Å²) in [6.07, 6.45) is 1.31. The van der Waals surface area contributed by atoms with Gasteiger partial charge in [0.2, 0.25) is 21.8 Å². The fourth-order valence-corrected chi connectivity index (χ4v) is 4.78. The van der Waals surface area contributed by atoms with Gasteiger partial charge in [0, 0.05) is 20.0 Å². The Morgan fingerprint density at radius 3 is 2.00 bits per heavy atom. The number of benzene rings is 3. The highest BCUT2D eigenvalue weighted by atomic mass is 32.2.